The predicted octanol–water partition coefficient (Wildman–Crippen LogP) is 4.50. The van der Waals surface area contributed by atoms with Gasteiger partial charge in [0.15, 0.2) is 0 Å². The number of epoxide rings is 3. The van der Waals surface area contributed by atoms with Crippen molar-refractivity contribution in [1.82, 2.24) is 0 Å². The molecule has 3 aromatic carbocycles. The van der Waals surface area contributed by atoms with Gasteiger partial charge in [-0.2, -0.15) is 0 Å². The quantitative estimate of drug-likeness (QED) is 0.122. The Morgan fingerprint density at radius 3 is 1.08 bits per heavy atom. The monoisotopic (exact) mass is 839 g/mol. The number of carbonyl (C=O) groups is 3. The average molecular weight is 839 g/mol. The van der Waals surface area contributed by atoms with Crippen molar-refractivity contribution in [3.05, 3.63) is 128 Å². The summed E-state index contributed by atoms with van der Waals surface area (Å²) < 4.78 is 53.8. The van der Waals surface area contributed by atoms with Gasteiger partial charge in [0.05, 0.1) is 19.8 Å². The summed E-state index contributed by atoms with van der Waals surface area (Å²) in [5.74, 6) is -2.25. The Labute approximate surface area is 323 Å². The fraction of sp³-hybridized carbons (Fsp3) is 0.333. The Balaban J connectivity index is 0.00000113. The van der Waals surface area contributed by atoms with Gasteiger partial charge in [0.25, 0.3) is 0 Å². The summed E-state index contributed by atoms with van der Waals surface area (Å²) in [7, 11) is 0. The Hall–Kier alpha value is -3.13. The van der Waals surface area contributed by atoms with Gasteiger partial charge in [0, 0.05) is 25.7 Å². The molecule has 287 valence electrons. The van der Waals surface area contributed by atoms with Crippen molar-refractivity contribution in [1.29, 1.82) is 0 Å². The fourth-order valence-electron chi connectivity index (χ4n) is 3.08. The van der Waals surface area contributed by atoms with Crippen LogP contribution in [-0.2, 0) is 87.0 Å². The standard InChI is InChI=1S/C27H23O6.3C3H5O.3Co.3O/c1-20(17-31-25(28)21-11-5-2-6-12-21)24(18-32-26(29)22-13-7-3-8-14-22)19-33-27(30)23-15-9-4-10-16-23;3*1-3-2-4-3;;;;;;/h2-11,13,15,20,24H,17-19H2,1H3;3*3H,1-2H2;;;;;;/q-3;3*-1;;;;;;. The molecule has 51 heavy (non-hydrogen) atoms. The van der Waals surface area contributed by atoms with Gasteiger partial charge in [-0.05, 0) is 24.2 Å². The van der Waals surface area contributed by atoms with Crippen LogP contribution in [0.4, 0.5) is 0 Å². The first kappa shape index (κ1) is 47.9. The molecule has 12 nitrogen and oxygen atoms in total. The third-order valence-corrected chi connectivity index (χ3v) is 6.13. The molecular weight excluding hydrogens is 801 g/mol. The first-order chi connectivity index (χ1) is 24.7. The maximum atomic E-state index is 12.3. The summed E-state index contributed by atoms with van der Waals surface area (Å²) in [5.41, 5.74) is 0.912. The minimum absolute atomic E-state index is 0.0243. The number of ether oxygens (including phenoxy) is 6. The van der Waals surface area contributed by atoms with E-state index in [0.717, 1.165) is 19.8 Å². The van der Waals surface area contributed by atoms with Crippen molar-refractivity contribution in [2.75, 3.05) is 39.6 Å². The topological polar surface area (TPSA) is 168 Å². The van der Waals surface area contributed by atoms with E-state index in [0.29, 0.717) is 35.0 Å². The second kappa shape index (κ2) is 30.5. The molecule has 0 amide bonds. The van der Waals surface area contributed by atoms with E-state index in [1.807, 2.05) is 6.92 Å². The van der Waals surface area contributed by atoms with Crippen molar-refractivity contribution < 1.29 is 101 Å². The molecule has 0 radical (unpaired) electrons. The Bertz CT molecular complexity index is 1260. The summed E-state index contributed by atoms with van der Waals surface area (Å²) in [5, 5.41) is 0. The second-order valence-electron chi connectivity index (χ2n) is 10.2. The number of carbonyl (C=O) groups excluding carboxylic acids is 3. The molecule has 3 aliphatic rings. The summed E-state index contributed by atoms with van der Waals surface area (Å²) in [6.45, 7) is 15.0. The molecule has 6 rings (SSSR count). The summed E-state index contributed by atoms with van der Waals surface area (Å²) in [6.07, 6.45) is 1.000. The molecule has 3 fully saturated rings. The number of hydrogen-bond acceptors (Lipinski definition) is 12. The molecule has 0 N–H and O–H groups in total. The first-order valence-electron chi connectivity index (χ1n) is 14.9. The van der Waals surface area contributed by atoms with Crippen LogP contribution in [0.3, 0.4) is 0 Å². The Kier molecular flexibility index (Phi) is 28.6. The van der Waals surface area contributed by atoms with E-state index >= 15 is 0 Å². The molecule has 3 aliphatic heterocycles. The van der Waals surface area contributed by atoms with E-state index in [1.54, 1.807) is 72.8 Å². The van der Waals surface area contributed by atoms with Crippen molar-refractivity contribution in [3.8, 4) is 0 Å². The van der Waals surface area contributed by atoms with E-state index in [2.05, 4.69) is 100 Å². The van der Waals surface area contributed by atoms with Gasteiger partial charge in [-0.25, -0.2) is 0 Å². The maximum absolute atomic E-state index is 12.3. The molecule has 0 aromatic heterocycles. The van der Waals surface area contributed by atoms with Gasteiger partial charge in [-0.15, -0.1) is 91.0 Å². The molecule has 0 bridgehead atoms. The summed E-state index contributed by atoms with van der Waals surface area (Å²) in [4.78, 5) is 36.9. The molecule has 0 aliphatic carbocycles. The van der Waals surface area contributed by atoms with E-state index in [-0.39, 0.29) is 25.7 Å². The van der Waals surface area contributed by atoms with Crippen molar-refractivity contribution in [2.45, 2.75) is 25.2 Å². The van der Waals surface area contributed by atoms with E-state index in [4.69, 9.17) is 25.8 Å². The van der Waals surface area contributed by atoms with Gasteiger partial charge < -0.3 is 63.6 Å². The third kappa shape index (κ3) is 25.5. The van der Waals surface area contributed by atoms with Gasteiger partial charge in [-0.1, -0.05) is 23.6 Å². The molecule has 0 saturated carbocycles. The number of esters is 3. The number of hydrogen-bond donors (Lipinski definition) is 0. The van der Waals surface area contributed by atoms with E-state index in [1.165, 1.54) is 0 Å². The van der Waals surface area contributed by atoms with E-state index < -0.39 is 23.8 Å². The zero-order valence-corrected chi connectivity index (χ0v) is 30.7. The second-order valence-corrected chi connectivity index (χ2v) is 10.2. The third-order valence-electron chi connectivity index (χ3n) is 6.13. The molecule has 0 spiro atoms. The SMILES string of the molecule is CC(COC(=O)c1[c-]cccc1)C(COC(=O)c1[c-]cccc1)COC(=O)c1[c-]cccc1.[CH2-]C1CO1.[CH2-]C1CO1.[CH2-]C1CO1.[O]=[Co].[O]=[Co].[O]=[Co]. The van der Waals surface area contributed by atoms with Gasteiger partial charge >= 0.3 is 58.6 Å². The van der Waals surface area contributed by atoms with Crippen LogP contribution >= 0.6 is 0 Å². The van der Waals surface area contributed by atoms with Crippen LogP contribution in [0.5, 0.6) is 0 Å². The Morgan fingerprint density at radius 1 is 0.608 bits per heavy atom. The van der Waals surface area contributed by atoms with Crippen molar-refractivity contribution in [2.24, 2.45) is 11.8 Å². The van der Waals surface area contributed by atoms with Gasteiger partial charge in [0.2, 0.25) is 17.9 Å². The number of benzene rings is 3. The molecule has 3 saturated heterocycles. The van der Waals surface area contributed by atoms with Crippen molar-refractivity contribution in [3.63, 3.8) is 0 Å². The summed E-state index contributed by atoms with van der Waals surface area (Å²) in [6, 6.07) is 28.5. The van der Waals surface area contributed by atoms with Crippen LogP contribution in [0.25, 0.3) is 0 Å². The minimum atomic E-state index is -0.536. The molecular formula is C36H38Co3O12-6. The summed E-state index contributed by atoms with van der Waals surface area (Å²) >= 11 is 6.94. The van der Waals surface area contributed by atoms with Crippen LogP contribution in [0.15, 0.2) is 72.8 Å². The predicted molar refractivity (Wildman–Crippen MR) is 167 cm³/mol. The van der Waals surface area contributed by atoms with Crippen LogP contribution in [0.2, 0.25) is 0 Å². The molecule has 15 heteroatoms. The molecule has 3 heterocycles. The zero-order valence-electron chi connectivity index (χ0n) is 27.6. The molecule has 3 aromatic rings. The number of rotatable bonds is 10. The zero-order chi connectivity index (χ0) is 38.4. The normalized spacial score (nSPS) is 17.1. The van der Waals surface area contributed by atoms with Crippen LogP contribution in [-0.4, -0.2) is 75.9 Å². The van der Waals surface area contributed by atoms with Crippen molar-refractivity contribution >= 4 is 17.9 Å². The van der Waals surface area contributed by atoms with E-state index in [9.17, 15) is 14.4 Å². The van der Waals surface area contributed by atoms with Crippen LogP contribution < -0.4 is 0 Å². The molecule has 4 atom stereocenters. The first-order valence-corrected chi connectivity index (χ1v) is 16.2. The fourth-order valence-corrected chi connectivity index (χ4v) is 3.08. The van der Waals surface area contributed by atoms with Crippen LogP contribution in [0, 0.1) is 50.8 Å². The average Bonchev–Trinajstić information content (AvgIpc) is 4.12. The van der Waals surface area contributed by atoms with Crippen LogP contribution in [0.1, 0.15) is 38.0 Å². The molecule has 4 unspecified atom stereocenters. The van der Waals surface area contributed by atoms with Gasteiger partial charge in [-0.3, -0.25) is 0 Å². The van der Waals surface area contributed by atoms with Gasteiger partial charge in [0.1, 0.15) is 0 Å². The Morgan fingerprint density at radius 2 is 0.863 bits per heavy atom.